The maximum atomic E-state index is 13.7. The summed E-state index contributed by atoms with van der Waals surface area (Å²) >= 11 is 0. The average molecular weight is 562 g/mol. The standard InChI is InChI=1S/C31H39N5O5/c1-19(2)15-25(29(38)36-27(31(40)41)16-20-9-4-3-5-10-20)34-30(39)26(35-28(37)24-13-8-14-32-24)17-21-18-33-23-12-7-6-11-22(21)23/h3-7,9-12,18-19,24-27,32-33H,8,13-17H2,1-2H3,(H,34,39)(H,35,37)(H,36,38)(H,40,41). The van der Waals surface area contributed by atoms with Crippen LogP contribution in [0.3, 0.4) is 0 Å². The van der Waals surface area contributed by atoms with Crippen LogP contribution < -0.4 is 21.3 Å². The summed E-state index contributed by atoms with van der Waals surface area (Å²) in [6, 6.07) is 13.3. The van der Waals surface area contributed by atoms with Crippen LogP contribution in [0.1, 0.15) is 44.2 Å². The molecule has 41 heavy (non-hydrogen) atoms. The Balaban J connectivity index is 1.52. The van der Waals surface area contributed by atoms with Crippen LogP contribution in [0.4, 0.5) is 0 Å². The molecule has 4 rings (SSSR count). The van der Waals surface area contributed by atoms with Crippen LogP contribution in [0.5, 0.6) is 0 Å². The second-order valence-corrected chi connectivity index (χ2v) is 11.1. The van der Waals surface area contributed by atoms with Crippen molar-refractivity contribution < 1.29 is 24.3 Å². The van der Waals surface area contributed by atoms with Crippen molar-refractivity contribution in [2.24, 2.45) is 5.92 Å². The van der Waals surface area contributed by atoms with Gasteiger partial charge in [-0.1, -0.05) is 62.4 Å². The molecule has 1 fully saturated rings. The lowest BCUT2D eigenvalue weighted by molar-refractivity contribution is -0.142. The average Bonchev–Trinajstić information content (AvgIpc) is 3.63. The molecular formula is C31H39N5O5. The second kappa shape index (κ2) is 13.9. The van der Waals surface area contributed by atoms with Crippen LogP contribution >= 0.6 is 0 Å². The van der Waals surface area contributed by atoms with Gasteiger partial charge in [0.2, 0.25) is 17.7 Å². The molecular weight excluding hydrogens is 522 g/mol. The number of nitrogens with one attached hydrogen (secondary N) is 5. The predicted molar refractivity (Wildman–Crippen MR) is 156 cm³/mol. The molecule has 218 valence electrons. The summed E-state index contributed by atoms with van der Waals surface area (Å²) in [6.45, 7) is 4.58. The highest BCUT2D eigenvalue weighted by Gasteiger charge is 2.32. The van der Waals surface area contributed by atoms with Gasteiger partial charge in [0.25, 0.3) is 0 Å². The van der Waals surface area contributed by atoms with Gasteiger partial charge in [0.05, 0.1) is 6.04 Å². The molecule has 3 aromatic rings. The number of benzene rings is 2. The maximum absolute atomic E-state index is 13.7. The summed E-state index contributed by atoms with van der Waals surface area (Å²) in [5.41, 5.74) is 2.55. The number of carboxylic acids is 1. The van der Waals surface area contributed by atoms with Gasteiger partial charge in [-0.05, 0) is 48.9 Å². The molecule has 6 N–H and O–H groups in total. The molecule has 1 saturated heterocycles. The molecule has 1 aliphatic rings. The lowest BCUT2D eigenvalue weighted by Crippen LogP contribution is -2.58. The molecule has 3 amide bonds. The van der Waals surface area contributed by atoms with Crippen molar-refractivity contribution in [1.29, 1.82) is 0 Å². The molecule has 4 atom stereocenters. The first-order valence-corrected chi connectivity index (χ1v) is 14.2. The fourth-order valence-electron chi connectivity index (χ4n) is 5.21. The van der Waals surface area contributed by atoms with Crippen LogP contribution in [0, 0.1) is 5.92 Å². The summed E-state index contributed by atoms with van der Waals surface area (Å²) in [5, 5.41) is 22.2. The van der Waals surface area contributed by atoms with Gasteiger partial charge in [-0.25, -0.2) is 4.79 Å². The van der Waals surface area contributed by atoms with Gasteiger partial charge >= 0.3 is 5.97 Å². The van der Waals surface area contributed by atoms with Gasteiger partial charge in [0, 0.05) is 29.9 Å². The number of aliphatic carboxylic acids is 1. The molecule has 10 heteroatoms. The first kappa shape index (κ1) is 29.8. The first-order valence-electron chi connectivity index (χ1n) is 14.2. The van der Waals surface area contributed by atoms with Gasteiger partial charge in [-0.3, -0.25) is 14.4 Å². The van der Waals surface area contributed by atoms with Crippen molar-refractivity contribution in [3.05, 3.63) is 71.9 Å². The molecule has 0 saturated carbocycles. The van der Waals surface area contributed by atoms with E-state index in [1.54, 1.807) is 24.3 Å². The molecule has 0 bridgehead atoms. The van der Waals surface area contributed by atoms with Crippen molar-refractivity contribution in [3.63, 3.8) is 0 Å². The van der Waals surface area contributed by atoms with E-state index in [1.165, 1.54) is 0 Å². The summed E-state index contributed by atoms with van der Waals surface area (Å²) in [4.78, 5) is 55.3. The lowest BCUT2D eigenvalue weighted by Gasteiger charge is -2.26. The minimum absolute atomic E-state index is 0.0350. The minimum Gasteiger partial charge on any atom is -0.480 e. The molecule has 2 heterocycles. The van der Waals surface area contributed by atoms with E-state index >= 15 is 0 Å². The van der Waals surface area contributed by atoms with Gasteiger partial charge in [-0.15, -0.1) is 0 Å². The van der Waals surface area contributed by atoms with Crippen molar-refractivity contribution in [1.82, 2.24) is 26.3 Å². The zero-order valence-corrected chi connectivity index (χ0v) is 23.5. The number of amides is 3. The van der Waals surface area contributed by atoms with E-state index in [9.17, 15) is 24.3 Å². The highest BCUT2D eigenvalue weighted by atomic mass is 16.4. The zero-order valence-electron chi connectivity index (χ0n) is 23.5. The van der Waals surface area contributed by atoms with Gasteiger partial charge < -0.3 is 31.4 Å². The van der Waals surface area contributed by atoms with Crippen LogP contribution in [0.25, 0.3) is 10.9 Å². The van der Waals surface area contributed by atoms with Crippen LogP contribution in [0.2, 0.25) is 0 Å². The van der Waals surface area contributed by atoms with Crippen molar-refractivity contribution >= 4 is 34.6 Å². The van der Waals surface area contributed by atoms with Crippen molar-refractivity contribution in [2.75, 3.05) is 6.54 Å². The normalized spacial score (nSPS) is 17.1. The molecule has 2 aromatic carbocycles. The highest BCUT2D eigenvalue weighted by Crippen LogP contribution is 2.20. The molecule has 0 radical (unpaired) electrons. The van der Waals surface area contributed by atoms with E-state index in [-0.39, 0.29) is 30.7 Å². The monoisotopic (exact) mass is 561 g/mol. The fraction of sp³-hybridized carbons (Fsp3) is 0.419. The third-order valence-electron chi connectivity index (χ3n) is 7.35. The van der Waals surface area contributed by atoms with Gasteiger partial charge in [0.15, 0.2) is 0 Å². The third kappa shape index (κ3) is 8.17. The quantitative estimate of drug-likeness (QED) is 0.188. The molecule has 10 nitrogen and oxygen atoms in total. The Hall–Kier alpha value is -4.18. The van der Waals surface area contributed by atoms with Gasteiger partial charge in [0.1, 0.15) is 18.1 Å². The molecule has 0 aliphatic carbocycles. The molecule has 1 aliphatic heterocycles. The summed E-state index contributed by atoms with van der Waals surface area (Å²) in [7, 11) is 0. The Labute approximate surface area is 239 Å². The van der Waals surface area contributed by atoms with E-state index in [0.717, 1.165) is 35.0 Å². The summed E-state index contributed by atoms with van der Waals surface area (Å²) in [6.07, 6.45) is 4.01. The Morgan fingerprint density at radius 2 is 1.56 bits per heavy atom. The number of hydrogen-bond donors (Lipinski definition) is 6. The van der Waals surface area contributed by atoms with E-state index < -0.39 is 35.9 Å². The second-order valence-electron chi connectivity index (χ2n) is 11.1. The minimum atomic E-state index is -1.16. The number of rotatable bonds is 13. The number of hydrogen-bond acceptors (Lipinski definition) is 5. The Morgan fingerprint density at radius 3 is 2.24 bits per heavy atom. The number of para-hydroxylation sites is 1. The van der Waals surface area contributed by atoms with E-state index in [1.807, 2.05) is 50.4 Å². The number of aromatic amines is 1. The van der Waals surface area contributed by atoms with Crippen molar-refractivity contribution in [2.45, 2.75) is 70.1 Å². The van der Waals surface area contributed by atoms with Crippen LogP contribution in [-0.4, -0.2) is 64.5 Å². The third-order valence-corrected chi connectivity index (χ3v) is 7.35. The Morgan fingerprint density at radius 1 is 0.878 bits per heavy atom. The lowest BCUT2D eigenvalue weighted by atomic mass is 9.99. The fourth-order valence-corrected chi connectivity index (χ4v) is 5.21. The maximum Gasteiger partial charge on any atom is 0.326 e. The topological polar surface area (TPSA) is 152 Å². The summed E-state index contributed by atoms with van der Waals surface area (Å²) < 4.78 is 0. The zero-order chi connectivity index (χ0) is 29.4. The Bertz CT molecular complexity index is 1350. The number of fused-ring (bicyclic) bond motifs is 1. The largest absolute Gasteiger partial charge is 0.480 e. The van der Waals surface area contributed by atoms with Crippen molar-refractivity contribution in [3.8, 4) is 0 Å². The van der Waals surface area contributed by atoms with E-state index in [2.05, 4.69) is 26.3 Å². The van der Waals surface area contributed by atoms with Crippen LogP contribution in [0.15, 0.2) is 60.8 Å². The molecule has 4 unspecified atom stereocenters. The predicted octanol–water partition coefficient (Wildman–Crippen LogP) is 2.29. The smallest absolute Gasteiger partial charge is 0.326 e. The van der Waals surface area contributed by atoms with Crippen LogP contribution in [-0.2, 0) is 32.0 Å². The Kier molecular flexibility index (Phi) is 10.1. The SMILES string of the molecule is CC(C)CC(NC(=O)C(Cc1c[nH]c2ccccc12)NC(=O)C1CCCN1)C(=O)NC(Cc1ccccc1)C(=O)O. The number of carbonyl (C=O) groups is 4. The highest BCUT2D eigenvalue weighted by molar-refractivity contribution is 5.95. The molecule has 0 spiro atoms. The first-order chi connectivity index (χ1) is 19.7. The van der Waals surface area contributed by atoms with E-state index in [0.29, 0.717) is 12.8 Å². The number of H-pyrrole nitrogens is 1. The number of aromatic nitrogens is 1. The van der Waals surface area contributed by atoms with Gasteiger partial charge in [-0.2, -0.15) is 0 Å². The number of carbonyl (C=O) groups excluding carboxylic acids is 3. The summed E-state index contributed by atoms with van der Waals surface area (Å²) in [5.74, 6) is -2.47. The van der Waals surface area contributed by atoms with E-state index in [4.69, 9.17) is 0 Å². The number of carboxylic acid groups (broad SMARTS) is 1. The molecule has 1 aromatic heterocycles.